The van der Waals surface area contributed by atoms with Crippen LogP contribution < -0.4 is 11.1 Å². The van der Waals surface area contributed by atoms with Crippen LogP contribution in [0.15, 0.2) is 33.9 Å². The number of rotatable bonds is 8. The maximum absolute atomic E-state index is 5.83. The van der Waals surface area contributed by atoms with Gasteiger partial charge in [0.25, 0.3) is 5.22 Å². The molecule has 0 aliphatic carbocycles. The lowest BCUT2D eigenvalue weighted by atomic mass is 10.1. The lowest BCUT2D eigenvalue weighted by Gasteiger charge is -2.10. The number of thioether (sulfide) groups is 2. The van der Waals surface area contributed by atoms with E-state index < -0.39 is 0 Å². The Kier molecular flexibility index (Phi) is 6.29. The van der Waals surface area contributed by atoms with Crippen LogP contribution in [0.2, 0.25) is 0 Å². The predicted molar refractivity (Wildman–Crippen MR) is 104 cm³/mol. The zero-order valence-corrected chi connectivity index (χ0v) is 16.1. The summed E-state index contributed by atoms with van der Waals surface area (Å²) in [5.74, 6) is 2.88. The van der Waals surface area contributed by atoms with Gasteiger partial charge in [0.2, 0.25) is 17.8 Å². The topological polar surface area (TPSA) is 116 Å². The molecule has 8 nitrogen and oxygen atoms in total. The van der Waals surface area contributed by atoms with Gasteiger partial charge in [-0.05, 0) is 24.3 Å². The molecule has 0 fully saturated rings. The highest BCUT2D eigenvalue weighted by atomic mass is 32.2. The molecule has 0 radical (unpaired) electrons. The summed E-state index contributed by atoms with van der Waals surface area (Å²) in [5, 5.41) is 11.7. The second kappa shape index (κ2) is 8.86. The van der Waals surface area contributed by atoms with E-state index in [0.717, 1.165) is 12.1 Å². The monoisotopic (exact) mass is 389 g/mol. The first kappa shape index (κ1) is 18.5. The molecular weight excluding hydrogens is 370 g/mol. The van der Waals surface area contributed by atoms with Gasteiger partial charge in [0.1, 0.15) is 5.82 Å². The van der Waals surface area contributed by atoms with Gasteiger partial charge in [-0.25, -0.2) is 0 Å². The van der Waals surface area contributed by atoms with E-state index in [-0.39, 0.29) is 5.95 Å². The Morgan fingerprint density at radius 3 is 2.77 bits per heavy atom. The summed E-state index contributed by atoms with van der Waals surface area (Å²) < 4.78 is 5.53. The molecule has 3 N–H and O–H groups in total. The van der Waals surface area contributed by atoms with Gasteiger partial charge >= 0.3 is 0 Å². The minimum atomic E-state index is 0.167. The SMILES string of the molecule is CCc1ccccc1Nc1nc(N)nc(CSc2nnc(CSC)o2)n1. The molecule has 0 unspecified atom stereocenters. The second-order valence-electron chi connectivity index (χ2n) is 5.25. The van der Waals surface area contributed by atoms with Crippen LogP contribution in [0.5, 0.6) is 0 Å². The van der Waals surface area contributed by atoms with E-state index in [1.807, 2.05) is 24.5 Å². The van der Waals surface area contributed by atoms with Crippen molar-refractivity contribution < 1.29 is 4.42 Å². The van der Waals surface area contributed by atoms with Gasteiger partial charge in [-0.1, -0.05) is 36.9 Å². The van der Waals surface area contributed by atoms with E-state index in [4.69, 9.17) is 10.2 Å². The molecule has 2 heterocycles. The zero-order chi connectivity index (χ0) is 18.4. The highest BCUT2D eigenvalue weighted by molar-refractivity contribution is 7.98. The molecule has 0 amide bonds. The number of aromatic nitrogens is 5. The molecule has 10 heteroatoms. The third kappa shape index (κ3) is 4.85. The fourth-order valence-electron chi connectivity index (χ4n) is 2.23. The summed E-state index contributed by atoms with van der Waals surface area (Å²) in [4.78, 5) is 12.8. The number of nitrogens with zero attached hydrogens (tertiary/aromatic N) is 5. The lowest BCUT2D eigenvalue weighted by Crippen LogP contribution is -2.07. The molecule has 3 aromatic rings. The molecule has 0 bridgehead atoms. The minimum Gasteiger partial charge on any atom is -0.415 e. The number of aryl methyl sites for hydroxylation is 1. The number of hydrogen-bond acceptors (Lipinski definition) is 10. The summed E-state index contributed by atoms with van der Waals surface area (Å²) in [6, 6.07) is 8.01. The standard InChI is InChI=1S/C16H19N7OS2/c1-3-10-6-4-5-7-11(10)18-15-20-12(19-14(17)21-15)8-26-16-23-22-13(24-16)9-25-2/h4-7H,3,8-9H2,1-2H3,(H3,17,18,19,20,21). The molecule has 26 heavy (non-hydrogen) atoms. The maximum Gasteiger partial charge on any atom is 0.277 e. The third-order valence-corrected chi connectivity index (χ3v) is 4.73. The van der Waals surface area contributed by atoms with Crippen molar-refractivity contribution in [2.75, 3.05) is 17.3 Å². The van der Waals surface area contributed by atoms with Crippen LogP contribution in [0.1, 0.15) is 24.2 Å². The quantitative estimate of drug-likeness (QED) is 0.556. The van der Waals surface area contributed by atoms with Gasteiger partial charge in [-0.2, -0.15) is 26.7 Å². The molecule has 0 saturated heterocycles. The van der Waals surface area contributed by atoms with Gasteiger partial charge in [0, 0.05) is 5.69 Å². The minimum absolute atomic E-state index is 0.167. The summed E-state index contributed by atoms with van der Waals surface area (Å²) >= 11 is 2.99. The van der Waals surface area contributed by atoms with E-state index in [1.165, 1.54) is 17.3 Å². The average Bonchev–Trinajstić information content (AvgIpc) is 3.08. The Morgan fingerprint density at radius 2 is 1.96 bits per heavy atom. The number of anilines is 3. The Morgan fingerprint density at radius 1 is 1.12 bits per heavy atom. The fourth-order valence-corrected chi connectivity index (χ4v) is 3.23. The van der Waals surface area contributed by atoms with Gasteiger partial charge in [0.15, 0.2) is 0 Å². The Balaban J connectivity index is 1.70. The number of para-hydroxylation sites is 1. The van der Waals surface area contributed by atoms with Crippen molar-refractivity contribution in [3.8, 4) is 0 Å². The first-order valence-corrected chi connectivity index (χ1v) is 10.4. The molecular formula is C16H19N7OS2. The van der Waals surface area contributed by atoms with Crippen LogP contribution in [0.25, 0.3) is 0 Å². The van der Waals surface area contributed by atoms with E-state index in [2.05, 4.69) is 43.5 Å². The predicted octanol–water partition coefficient (Wildman–Crippen LogP) is 3.30. The number of nitrogens with two attached hydrogens (primary N) is 1. The number of nitrogens with one attached hydrogen (secondary N) is 1. The van der Waals surface area contributed by atoms with Crippen LogP contribution in [0, 0.1) is 0 Å². The first-order valence-electron chi connectivity index (χ1n) is 7.97. The van der Waals surface area contributed by atoms with Crippen LogP contribution in [0.4, 0.5) is 17.6 Å². The Bertz CT molecular complexity index is 871. The summed E-state index contributed by atoms with van der Waals surface area (Å²) in [5.41, 5.74) is 7.96. The van der Waals surface area contributed by atoms with Gasteiger partial charge in [-0.15, -0.1) is 10.2 Å². The molecule has 0 spiro atoms. The van der Waals surface area contributed by atoms with E-state index >= 15 is 0 Å². The molecule has 0 aliphatic heterocycles. The van der Waals surface area contributed by atoms with Crippen LogP contribution in [-0.4, -0.2) is 31.4 Å². The normalized spacial score (nSPS) is 10.8. The van der Waals surface area contributed by atoms with Crippen molar-refractivity contribution in [2.24, 2.45) is 0 Å². The average molecular weight is 390 g/mol. The largest absolute Gasteiger partial charge is 0.415 e. The lowest BCUT2D eigenvalue weighted by molar-refractivity contribution is 0.426. The fraction of sp³-hybridized carbons (Fsp3) is 0.312. The Hall–Kier alpha value is -2.33. The summed E-state index contributed by atoms with van der Waals surface area (Å²) in [7, 11) is 0. The first-order chi connectivity index (χ1) is 12.7. The van der Waals surface area contributed by atoms with Crippen LogP contribution >= 0.6 is 23.5 Å². The highest BCUT2D eigenvalue weighted by Crippen LogP contribution is 2.23. The van der Waals surface area contributed by atoms with Gasteiger partial charge < -0.3 is 15.5 Å². The highest BCUT2D eigenvalue weighted by Gasteiger charge is 2.11. The van der Waals surface area contributed by atoms with Gasteiger partial charge in [0.05, 0.1) is 11.5 Å². The molecule has 1 aromatic carbocycles. The molecule has 0 saturated carbocycles. The number of benzene rings is 1. The summed E-state index contributed by atoms with van der Waals surface area (Å²) in [6.45, 7) is 2.10. The van der Waals surface area contributed by atoms with Crippen molar-refractivity contribution in [3.63, 3.8) is 0 Å². The third-order valence-electron chi connectivity index (χ3n) is 3.38. The molecule has 136 valence electrons. The van der Waals surface area contributed by atoms with Crippen molar-refractivity contribution in [1.29, 1.82) is 0 Å². The van der Waals surface area contributed by atoms with E-state index in [1.54, 1.807) is 11.8 Å². The number of hydrogen-bond donors (Lipinski definition) is 2. The van der Waals surface area contributed by atoms with Crippen LogP contribution in [-0.2, 0) is 17.9 Å². The zero-order valence-electron chi connectivity index (χ0n) is 14.5. The number of nitrogen functional groups attached to an aromatic ring is 1. The van der Waals surface area contributed by atoms with E-state index in [9.17, 15) is 0 Å². The van der Waals surface area contributed by atoms with Crippen molar-refractivity contribution in [1.82, 2.24) is 25.1 Å². The molecule has 0 aliphatic rings. The maximum atomic E-state index is 5.83. The Labute approximate surface area is 159 Å². The van der Waals surface area contributed by atoms with Crippen LogP contribution in [0.3, 0.4) is 0 Å². The molecule has 0 atom stereocenters. The molecule has 2 aromatic heterocycles. The smallest absolute Gasteiger partial charge is 0.277 e. The van der Waals surface area contributed by atoms with Crippen molar-refractivity contribution >= 4 is 41.1 Å². The van der Waals surface area contributed by atoms with Crippen molar-refractivity contribution in [2.45, 2.75) is 30.1 Å². The van der Waals surface area contributed by atoms with Gasteiger partial charge in [-0.3, -0.25) is 0 Å². The molecule has 3 rings (SSSR count). The van der Waals surface area contributed by atoms with Crippen molar-refractivity contribution in [3.05, 3.63) is 41.5 Å². The van der Waals surface area contributed by atoms with E-state index in [0.29, 0.717) is 34.4 Å². The summed E-state index contributed by atoms with van der Waals surface area (Å²) in [6.07, 6.45) is 2.89. The second-order valence-corrected chi connectivity index (χ2v) is 7.05.